The first kappa shape index (κ1) is 14.5. The summed E-state index contributed by atoms with van der Waals surface area (Å²) in [4.78, 5) is 5.07. The van der Waals surface area contributed by atoms with E-state index in [1.165, 1.54) is 10.9 Å². The molecule has 2 aromatic rings. The van der Waals surface area contributed by atoms with Crippen LogP contribution in [0.25, 0.3) is 10.9 Å². The molecule has 0 radical (unpaired) electrons. The SMILES string of the molecule is CC1(C)CN(CC(F)(F)CO)Cc2[nH]c3ccccc3c21. The molecule has 0 amide bonds. The standard InChI is InChI=1S/C16H20F2N2O/c1-15(2)8-20(9-16(17,18)10-21)7-13-14(15)11-5-3-4-6-12(11)19-13/h3-6,19,21H,7-10H2,1-2H3. The molecule has 3 nitrogen and oxygen atoms in total. The summed E-state index contributed by atoms with van der Waals surface area (Å²) < 4.78 is 26.9. The zero-order chi connectivity index (χ0) is 15.3. The number of nitrogens with zero attached hydrogens (tertiary/aromatic N) is 1. The van der Waals surface area contributed by atoms with E-state index in [4.69, 9.17) is 5.11 Å². The number of para-hydroxylation sites is 1. The maximum absolute atomic E-state index is 13.5. The van der Waals surface area contributed by atoms with E-state index < -0.39 is 19.1 Å². The highest BCUT2D eigenvalue weighted by atomic mass is 19.3. The van der Waals surface area contributed by atoms with Gasteiger partial charge < -0.3 is 10.1 Å². The predicted molar refractivity (Wildman–Crippen MR) is 78.6 cm³/mol. The topological polar surface area (TPSA) is 39.3 Å². The summed E-state index contributed by atoms with van der Waals surface area (Å²) in [6.07, 6.45) is 0. The van der Waals surface area contributed by atoms with E-state index in [0.29, 0.717) is 13.1 Å². The van der Waals surface area contributed by atoms with Gasteiger partial charge in [0.2, 0.25) is 0 Å². The van der Waals surface area contributed by atoms with E-state index in [0.717, 1.165) is 11.2 Å². The predicted octanol–water partition coefficient (Wildman–Crippen LogP) is 2.89. The summed E-state index contributed by atoms with van der Waals surface area (Å²) in [5.74, 6) is -3.06. The van der Waals surface area contributed by atoms with Crippen molar-refractivity contribution < 1.29 is 13.9 Å². The monoisotopic (exact) mass is 294 g/mol. The normalized spacial score (nSPS) is 18.9. The number of aliphatic hydroxyl groups is 1. The molecule has 3 rings (SSSR count). The minimum absolute atomic E-state index is 0.210. The largest absolute Gasteiger partial charge is 0.390 e. The van der Waals surface area contributed by atoms with Crippen LogP contribution in [-0.4, -0.2) is 40.6 Å². The third-order valence-corrected chi connectivity index (χ3v) is 4.15. The molecule has 1 aliphatic heterocycles. The van der Waals surface area contributed by atoms with Gasteiger partial charge in [-0.25, -0.2) is 8.78 Å². The molecule has 21 heavy (non-hydrogen) atoms. The van der Waals surface area contributed by atoms with E-state index in [1.807, 2.05) is 18.2 Å². The van der Waals surface area contributed by atoms with Gasteiger partial charge in [0.25, 0.3) is 5.92 Å². The fraction of sp³-hybridized carbons (Fsp3) is 0.500. The average molecular weight is 294 g/mol. The van der Waals surface area contributed by atoms with Crippen LogP contribution >= 0.6 is 0 Å². The van der Waals surface area contributed by atoms with Crippen molar-refractivity contribution in [2.24, 2.45) is 0 Å². The van der Waals surface area contributed by atoms with E-state index >= 15 is 0 Å². The molecule has 0 saturated carbocycles. The van der Waals surface area contributed by atoms with Gasteiger partial charge in [-0.1, -0.05) is 32.0 Å². The number of aliphatic hydroxyl groups excluding tert-OH is 1. The van der Waals surface area contributed by atoms with Crippen molar-refractivity contribution >= 4 is 10.9 Å². The molecule has 0 atom stereocenters. The number of nitrogens with one attached hydrogen (secondary N) is 1. The van der Waals surface area contributed by atoms with E-state index in [9.17, 15) is 8.78 Å². The van der Waals surface area contributed by atoms with Crippen molar-refractivity contribution in [2.75, 3.05) is 19.7 Å². The molecule has 0 fully saturated rings. The van der Waals surface area contributed by atoms with Crippen LogP contribution in [0, 0.1) is 0 Å². The van der Waals surface area contributed by atoms with E-state index in [-0.39, 0.29) is 5.41 Å². The zero-order valence-electron chi connectivity index (χ0n) is 12.3. The minimum Gasteiger partial charge on any atom is -0.390 e. The van der Waals surface area contributed by atoms with E-state index in [1.54, 1.807) is 4.90 Å². The molecule has 0 aliphatic carbocycles. The van der Waals surface area contributed by atoms with Crippen LogP contribution in [-0.2, 0) is 12.0 Å². The number of aromatic amines is 1. The van der Waals surface area contributed by atoms with Crippen molar-refractivity contribution in [3.05, 3.63) is 35.5 Å². The van der Waals surface area contributed by atoms with Gasteiger partial charge in [0.05, 0.1) is 6.54 Å². The lowest BCUT2D eigenvalue weighted by Crippen LogP contribution is -2.47. The van der Waals surface area contributed by atoms with Crippen LogP contribution in [0.3, 0.4) is 0 Å². The number of hydrogen-bond donors (Lipinski definition) is 2. The number of alkyl halides is 2. The van der Waals surface area contributed by atoms with Crippen molar-refractivity contribution in [1.29, 1.82) is 0 Å². The Kier molecular flexibility index (Phi) is 3.30. The van der Waals surface area contributed by atoms with Crippen LogP contribution in [0.15, 0.2) is 24.3 Å². The molecule has 2 heterocycles. The van der Waals surface area contributed by atoms with Gasteiger partial charge in [-0.15, -0.1) is 0 Å². The van der Waals surface area contributed by atoms with Gasteiger partial charge in [0.1, 0.15) is 6.61 Å². The fourth-order valence-electron chi connectivity index (χ4n) is 3.50. The Labute approximate surface area is 122 Å². The van der Waals surface area contributed by atoms with Crippen molar-refractivity contribution in [1.82, 2.24) is 9.88 Å². The molecular weight excluding hydrogens is 274 g/mol. The maximum Gasteiger partial charge on any atom is 0.283 e. The molecule has 2 N–H and O–H groups in total. The van der Waals surface area contributed by atoms with Gasteiger partial charge >= 0.3 is 0 Å². The van der Waals surface area contributed by atoms with Gasteiger partial charge in [0, 0.05) is 35.1 Å². The average Bonchev–Trinajstić information content (AvgIpc) is 2.76. The van der Waals surface area contributed by atoms with Crippen LogP contribution in [0.4, 0.5) is 8.78 Å². The van der Waals surface area contributed by atoms with E-state index in [2.05, 4.69) is 24.9 Å². The Morgan fingerprint density at radius 3 is 2.76 bits per heavy atom. The Hall–Kier alpha value is -1.46. The second-order valence-corrected chi connectivity index (χ2v) is 6.57. The van der Waals surface area contributed by atoms with Crippen molar-refractivity contribution in [2.45, 2.75) is 31.7 Å². The first-order valence-electron chi connectivity index (χ1n) is 7.13. The molecule has 114 valence electrons. The highest BCUT2D eigenvalue weighted by Gasteiger charge is 2.39. The zero-order valence-corrected chi connectivity index (χ0v) is 12.3. The molecule has 0 unspecified atom stereocenters. The summed E-state index contributed by atoms with van der Waals surface area (Å²) in [7, 11) is 0. The summed E-state index contributed by atoms with van der Waals surface area (Å²) in [5.41, 5.74) is 3.06. The number of H-pyrrole nitrogens is 1. The highest BCUT2D eigenvalue weighted by Crippen LogP contribution is 2.39. The Morgan fingerprint density at radius 1 is 1.33 bits per heavy atom. The Bertz CT molecular complexity index is 663. The second kappa shape index (κ2) is 4.78. The first-order chi connectivity index (χ1) is 9.82. The Morgan fingerprint density at radius 2 is 2.05 bits per heavy atom. The lowest BCUT2D eigenvalue weighted by Gasteiger charge is -2.39. The van der Waals surface area contributed by atoms with Gasteiger partial charge in [0.15, 0.2) is 0 Å². The number of rotatable bonds is 3. The summed E-state index contributed by atoms with van der Waals surface area (Å²) in [6, 6.07) is 8.05. The maximum atomic E-state index is 13.5. The number of aromatic nitrogens is 1. The fourth-order valence-corrected chi connectivity index (χ4v) is 3.50. The number of halogens is 2. The third-order valence-electron chi connectivity index (χ3n) is 4.15. The molecule has 1 aromatic heterocycles. The van der Waals surface area contributed by atoms with Crippen LogP contribution < -0.4 is 0 Å². The minimum atomic E-state index is -3.06. The molecule has 1 aromatic carbocycles. The number of fused-ring (bicyclic) bond motifs is 3. The molecule has 1 aliphatic rings. The molecular formula is C16H20F2N2O. The number of benzene rings is 1. The van der Waals surface area contributed by atoms with Gasteiger partial charge in [-0.3, -0.25) is 4.90 Å². The van der Waals surface area contributed by atoms with Gasteiger partial charge in [-0.2, -0.15) is 0 Å². The summed E-state index contributed by atoms with van der Waals surface area (Å²) in [5, 5.41) is 9.95. The second-order valence-electron chi connectivity index (χ2n) is 6.57. The molecule has 0 saturated heterocycles. The number of hydrogen-bond acceptors (Lipinski definition) is 2. The van der Waals surface area contributed by atoms with Crippen molar-refractivity contribution in [3.63, 3.8) is 0 Å². The van der Waals surface area contributed by atoms with Crippen LogP contribution in [0.1, 0.15) is 25.1 Å². The summed E-state index contributed by atoms with van der Waals surface area (Å²) in [6.45, 7) is 3.65. The van der Waals surface area contributed by atoms with Crippen LogP contribution in [0.2, 0.25) is 0 Å². The smallest absolute Gasteiger partial charge is 0.283 e. The van der Waals surface area contributed by atoms with Crippen molar-refractivity contribution in [3.8, 4) is 0 Å². The molecule has 0 spiro atoms. The third kappa shape index (κ3) is 2.56. The lowest BCUT2D eigenvalue weighted by molar-refractivity contribution is -0.0782. The first-order valence-corrected chi connectivity index (χ1v) is 7.13. The molecule has 5 heteroatoms. The van der Waals surface area contributed by atoms with Crippen LogP contribution in [0.5, 0.6) is 0 Å². The molecule has 0 bridgehead atoms. The lowest BCUT2D eigenvalue weighted by atomic mass is 9.79. The highest BCUT2D eigenvalue weighted by molar-refractivity contribution is 5.86. The Balaban J connectivity index is 1.99. The quantitative estimate of drug-likeness (QED) is 0.913. The summed E-state index contributed by atoms with van der Waals surface area (Å²) >= 11 is 0. The van der Waals surface area contributed by atoms with Gasteiger partial charge in [-0.05, 0) is 11.6 Å².